The Hall–Kier alpha value is -2.37. The molecule has 2 aromatic heterocycles. The highest BCUT2D eigenvalue weighted by molar-refractivity contribution is 5.83. The minimum absolute atomic E-state index is 0.142. The molecule has 0 aliphatic heterocycles. The Labute approximate surface area is 122 Å². The molecule has 0 radical (unpaired) electrons. The van der Waals surface area contributed by atoms with Gasteiger partial charge in [-0.3, -0.25) is 9.20 Å². The largest absolute Gasteiger partial charge is 0.467 e. The van der Waals surface area contributed by atoms with Crippen LogP contribution in [0.5, 0.6) is 0 Å². The number of nitrogens with one attached hydrogen (secondary N) is 1. The van der Waals surface area contributed by atoms with Crippen LogP contribution in [0.25, 0.3) is 5.65 Å². The highest BCUT2D eigenvalue weighted by atomic mass is 16.5. The standard InChI is InChI=1S/C15H19N3O3/c1-5-10-8-13(19)18-9-11(6-7-12(18)16-10)17-15(2,3)14(20)21-4/h6-9,17H,5H2,1-4H3. The summed E-state index contributed by atoms with van der Waals surface area (Å²) in [5.74, 6) is -0.380. The van der Waals surface area contributed by atoms with Gasteiger partial charge in [0.1, 0.15) is 11.2 Å². The van der Waals surface area contributed by atoms with Crippen molar-refractivity contribution in [2.24, 2.45) is 0 Å². The number of pyridine rings is 1. The van der Waals surface area contributed by atoms with Crippen LogP contribution in [0.4, 0.5) is 5.69 Å². The van der Waals surface area contributed by atoms with E-state index in [1.54, 1.807) is 32.2 Å². The predicted molar refractivity (Wildman–Crippen MR) is 80.6 cm³/mol. The minimum Gasteiger partial charge on any atom is -0.467 e. The summed E-state index contributed by atoms with van der Waals surface area (Å²) in [4.78, 5) is 28.1. The van der Waals surface area contributed by atoms with Gasteiger partial charge in [0.15, 0.2) is 0 Å². The van der Waals surface area contributed by atoms with Crippen molar-refractivity contribution in [1.82, 2.24) is 9.38 Å². The van der Waals surface area contributed by atoms with Crippen molar-refractivity contribution in [2.45, 2.75) is 32.7 Å². The fourth-order valence-corrected chi connectivity index (χ4v) is 2.07. The van der Waals surface area contributed by atoms with Crippen LogP contribution in [-0.2, 0) is 16.0 Å². The Kier molecular flexibility index (Phi) is 3.97. The van der Waals surface area contributed by atoms with Gasteiger partial charge in [0.2, 0.25) is 0 Å². The van der Waals surface area contributed by atoms with E-state index in [4.69, 9.17) is 4.74 Å². The highest BCUT2D eigenvalue weighted by Crippen LogP contribution is 2.16. The second-order valence-corrected chi connectivity index (χ2v) is 5.33. The number of aromatic nitrogens is 2. The van der Waals surface area contributed by atoms with E-state index in [-0.39, 0.29) is 11.5 Å². The van der Waals surface area contributed by atoms with Crippen LogP contribution in [0.1, 0.15) is 26.5 Å². The summed E-state index contributed by atoms with van der Waals surface area (Å²) >= 11 is 0. The zero-order valence-corrected chi connectivity index (χ0v) is 12.6. The SMILES string of the molecule is CCc1cc(=O)n2cc(NC(C)(C)C(=O)OC)ccc2n1. The van der Waals surface area contributed by atoms with Crippen molar-refractivity contribution >= 4 is 17.3 Å². The number of esters is 1. The molecule has 0 fully saturated rings. The third-order valence-electron chi connectivity index (χ3n) is 3.23. The first-order chi connectivity index (χ1) is 9.87. The van der Waals surface area contributed by atoms with Gasteiger partial charge in [0, 0.05) is 18.0 Å². The molecule has 0 saturated carbocycles. The highest BCUT2D eigenvalue weighted by Gasteiger charge is 2.28. The molecule has 0 unspecified atom stereocenters. The second-order valence-electron chi connectivity index (χ2n) is 5.33. The van der Waals surface area contributed by atoms with Crippen molar-refractivity contribution in [3.05, 3.63) is 40.4 Å². The summed E-state index contributed by atoms with van der Waals surface area (Å²) in [6.07, 6.45) is 2.34. The summed E-state index contributed by atoms with van der Waals surface area (Å²) in [6.45, 7) is 5.38. The number of hydrogen-bond donors (Lipinski definition) is 1. The number of fused-ring (bicyclic) bond motifs is 1. The van der Waals surface area contributed by atoms with Gasteiger partial charge in [-0.2, -0.15) is 0 Å². The zero-order chi connectivity index (χ0) is 15.6. The maximum Gasteiger partial charge on any atom is 0.330 e. The van der Waals surface area contributed by atoms with E-state index in [1.807, 2.05) is 6.92 Å². The third kappa shape index (κ3) is 3.04. The molecular weight excluding hydrogens is 270 g/mol. The van der Waals surface area contributed by atoms with Crippen LogP contribution in [-0.4, -0.2) is 28.0 Å². The number of anilines is 1. The number of methoxy groups -OCH3 is 1. The molecule has 1 N–H and O–H groups in total. The number of rotatable bonds is 4. The lowest BCUT2D eigenvalue weighted by Gasteiger charge is -2.24. The third-order valence-corrected chi connectivity index (χ3v) is 3.23. The first-order valence-corrected chi connectivity index (χ1v) is 6.76. The van der Waals surface area contributed by atoms with Crippen molar-refractivity contribution in [2.75, 3.05) is 12.4 Å². The van der Waals surface area contributed by atoms with Crippen molar-refractivity contribution in [3.63, 3.8) is 0 Å². The monoisotopic (exact) mass is 289 g/mol. The Bertz CT molecular complexity index is 735. The molecule has 0 atom stereocenters. The molecule has 0 bridgehead atoms. The molecule has 0 aliphatic rings. The summed E-state index contributed by atoms with van der Waals surface area (Å²) < 4.78 is 6.20. The van der Waals surface area contributed by atoms with Crippen molar-refractivity contribution in [1.29, 1.82) is 0 Å². The van der Waals surface area contributed by atoms with Crippen LogP contribution in [0.3, 0.4) is 0 Å². The number of nitrogens with zero attached hydrogens (tertiary/aromatic N) is 2. The number of hydrogen-bond acceptors (Lipinski definition) is 5. The predicted octanol–water partition coefficient (Wildman–Crippen LogP) is 1.62. The molecule has 6 nitrogen and oxygen atoms in total. The van der Waals surface area contributed by atoms with E-state index in [9.17, 15) is 9.59 Å². The van der Waals surface area contributed by atoms with E-state index < -0.39 is 5.54 Å². The topological polar surface area (TPSA) is 72.7 Å². The first kappa shape index (κ1) is 15.0. The molecule has 2 heterocycles. The van der Waals surface area contributed by atoms with Gasteiger partial charge in [-0.05, 0) is 32.4 Å². The van der Waals surface area contributed by atoms with Gasteiger partial charge >= 0.3 is 5.97 Å². The Morgan fingerprint density at radius 3 is 2.76 bits per heavy atom. The van der Waals surface area contributed by atoms with Crippen LogP contribution >= 0.6 is 0 Å². The Balaban J connectivity index is 2.42. The second kappa shape index (κ2) is 5.55. The van der Waals surface area contributed by atoms with Crippen LogP contribution in [0, 0.1) is 0 Å². The van der Waals surface area contributed by atoms with Gasteiger partial charge in [0.05, 0.1) is 12.8 Å². The lowest BCUT2D eigenvalue weighted by molar-refractivity contribution is -0.144. The zero-order valence-electron chi connectivity index (χ0n) is 12.6. The Morgan fingerprint density at radius 2 is 2.14 bits per heavy atom. The van der Waals surface area contributed by atoms with Crippen molar-refractivity contribution < 1.29 is 9.53 Å². The molecule has 6 heteroatoms. The lowest BCUT2D eigenvalue weighted by Crippen LogP contribution is -2.41. The smallest absolute Gasteiger partial charge is 0.330 e. The number of aryl methyl sites for hydroxylation is 1. The number of carbonyl (C=O) groups excluding carboxylic acids is 1. The number of carbonyl (C=O) groups is 1. The molecule has 2 rings (SSSR count). The summed E-state index contributed by atoms with van der Waals surface area (Å²) in [7, 11) is 1.34. The summed E-state index contributed by atoms with van der Waals surface area (Å²) in [5.41, 5.74) is 0.960. The molecule has 0 saturated heterocycles. The average Bonchev–Trinajstić information content (AvgIpc) is 2.46. The molecule has 0 spiro atoms. The van der Waals surface area contributed by atoms with E-state index in [1.165, 1.54) is 17.6 Å². The maximum atomic E-state index is 12.1. The fraction of sp³-hybridized carbons (Fsp3) is 0.400. The van der Waals surface area contributed by atoms with Gasteiger partial charge in [-0.25, -0.2) is 9.78 Å². The lowest BCUT2D eigenvalue weighted by atomic mass is 10.1. The average molecular weight is 289 g/mol. The van der Waals surface area contributed by atoms with E-state index in [2.05, 4.69) is 10.3 Å². The normalized spacial score (nSPS) is 11.4. The van der Waals surface area contributed by atoms with Gasteiger partial charge < -0.3 is 10.1 Å². The van der Waals surface area contributed by atoms with E-state index >= 15 is 0 Å². The molecular formula is C15H19N3O3. The fourth-order valence-electron chi connectivity index (χ4n) is 2.07. The summed E-state index contributed by atoms with van der Waals surface area (Å²) in [5, 5.41) is 3.05. The number of ether oxygens (including phenoxy) is 1. The van der Waals surface area contributed by atoms with E-state index in [0.717, 1.165) is 5.69 Å². The molecule has 2 aromatic rings. The molecule has 21 heavy (non-hydrogen) atoms. The van der Waals surface area contributed by atoms with Gasteiger partial charge in [-0.15, -0.1) is 0 Å². The van der Waals surface area contributed by atoms with Crippen LogP contribution in [0.2, 0.25) is 0 Å². The Morgan fingerprint density at radius 1 is 1.43 bits per heavy atom. The van der Waals surface area contributed by atoms with Gasteiger partial charge in [-0.1, -0.05) is 6.92 Å². The van der Waals surface area contributed by atoms with Crippen molar-refractivity contribution in [3.8, 4) is 0 Å². The molecule has 0 aromatic carbocycles. The maximum absolute atomic E-state index is 12.1. The van der Waals surface area contributed by atoms with Gasteiger partial charge in [0.25, 0.3) is 5.56 Å². The molecule has 0 amide bonds. The first-order valence-electron chi connectivity index (χ1n) is 6.76. The van der Waals surface area contributed by atoms with Crippen LogP contribution in [0.15, 0.2) is 29.2 Å². The minimum atomic E-state index is -0.886. The van der Waals surface area contributed by atoms with Crippen LogP contribution < -0.4 is 10.9 Å². The quantitative estimate of drug-likeness (QED) is 0.866. The molecule has 0 aliphatic carbocycles. The summed E-state index contributed by atoms with van der Waals surface area (Å²) in [6, 6.07) is 5.05. The van der Waals surface area contributed by atoms with E-state index in [0.29, 0.717) is 17.8 Å². The molecule has 112 valence electrons.